The number of hydrogen-bond donors (Lipinski definition) is 2. The highest BCUT2D eigenvalue weighted by Crippen LogP contribution is 2.26. The Morgan fingerprint density at radius 3 is 2.50 bits per heavy atom. The van der Waals surface area contributed by atoms with Crippen molar-refractivity contribution in [3.8, 4) is 0 Å². The van der Waals surface area contributed by atoms with Gasteiger partial charge in [0, 0.05) is 19.2 Å². The number of aliphatic carboxylic acids is 1. The van der Waals surface area contributed by atoms with Gasteiger partial charge in [0.15, 0.2) is 5.76 Å². The summed E-state index contributed by atoms with van der Waals surface area (Å²) in [4.78, 5) is 37.1. The summed E-state index contributed by atoms with van der Waals surface area (Å²) in [5.74, 6) is -1.40. The van der Waals surface area contributed by atoms with Crippen molar-refractivity contribution in [1.82, 2.24) is 10.2 Å². The summed E-state index contributed by atoms with van der Waals surface area (Å²) in [7, 11) is 1.53. The lowest BCUT2D eigenvalue weighted by Gasteiger charge is -2.36. The predicted octanol–water partition coefficient (Wildman–Crippen LogP) is 0.948. The molecule has 0 spiro atoms. The summed E-state index contributed by atoms with van der Waals surface area (Å²) < 4.78 is 5.39. The molecule has 1 aromatic heterocycles. The number of carbonyl (C=O) groups excluding carboxylic acids is 2. The number of carbonyl (C=O) groups is 3. The van der Waals surface area contributed by atoms with E-state index in [1.54, 1.807) is 19.9 Å². The minimum Gasteiger partial charge on any atom is -0.480 e. The van der Waals surface area contributed by atoms with Gasteiger partial charge < -0.3 is 19.7 Å². The van der Waals surface area contributed by atoms with E-state index in [0.29, 0.717) is 17.7 Å². The highest BCUT2D eigenvalue weighted by Gasteiger charge is 2.39. The van der Waals surface area contributed by atoms with Gasteiger partial charge in [0.05, 0.1) is 5.92 Å². The van der Waals surface area contributed by atoms with Crippen LogP contribution in [0.2, 0.25) is 0 Å². The van der Waals surface area contributed by atoms with Gasteiger partial charge in [-0.2, -0.15) is 0 Å². The monoisotopic (exact) mass is 308 g/mol. The summed E-state index contributed by atoms with van der Waals surface area (Å²) in [5, 5.41) is 11.9. The minimum absolute atomic E-state index is 0.0780. The second-order valence-electron chi connectivity index (χ2n) is 5.57. The zero-order valence-corrected chi connectivity index (χ0v) is 12.9. The third-order valence-corrected chi connectivity index (χ3v) is 3.98. The molecule has 2 atom stereocenters. The van der Waals surface area contributed by atoms with Gasteiger partial charge in [-0.05, 0) is 32.8 Å². The third kappa shape index (κ3) is 2.98. The molecule has 22 heavy (non-hydrogen) atoms. The van der Waals surface area contributed by atoms with Gasteiger partial charge >= 0.3 is 5.97 Å². The molecule has 0 bridgehead atoms. The predicted molar refractivity (Wildman–Crippen MR) is 77.4 cm³/mol. The fourth-order valence-electron chi connectivity index (χ4n) is 2.85. The Morgan fingerprint density at radius 1 is 1.32 bits per heavy atom. The molecular weight excluding hydrogens is 288 g/mol. The Balaban J connectivity index is 2.29. The van der Waals surface area contributed by atoms with Gasteiger partial charge in [0.2, 0.25) is 5.91 Å². The molecule has 1 fully saturated rings. The van der Waals surface area contributed by atoms with E-state index in [1.807, 2.05) is 0 Å². The average Bonchev–Trinajstić information content (AvgIpc) is 2.83. The number of nitrogens with zero attached hydrogens (tertiary/aromatic N) is 1. The number of hydrogen-bond acceptors (Lipinski definition) is 4. The average molecular weight is 308 g/mol. The molecule has 7 heteroatoms. The van der Waals surface area contributed by atoms with E-state index in [4.69, 9.17) is 4.42 Å². The summed E-state index contributed by atoms with van der Waals surface area (Å²) in [6, 6.07) is 0.793. The second kappa shape index (κ2) is 6.21. The molecule has 2 amide bonds. The van der Waals surface area contributed by atoms with Gasteiger partial charge in [-0.25, -0.2) is 4.79 Å². The van der Waals surface area contributed by atoms with Crippen molar-refractivity contribution in [1.29, 1.82) is 0 Å². The maximum atomic E-state index is 12.6. The number of amides is 2. The molecule has 1 aliphatic heterocycles. The largest absolute Gasteiger partial charge is 0.480 e. The zero-order chi connectivity index (χ0) is 16.4. The maximum Gasteiger partial charge on any atom is 0.326 e. The molecule has 0 unspecified atom stereocenters. The molecule has 0 aromatic carbocycles. The standard InChI is InChI=1S/C15H20N2O5/c1-8-6-9(2)22-12(8)14(19)17-7-10(13(18)16-3)4-5-11(17)15(20)21/h6,10-11H,4-5,7H2,1-3H3,(H,16,18)(H,20,21)/t10-,11-/m0/s1. The smallest absolute Gasteiger partial charge is 0.326 e. The van der Waals surface area contributed by atoms with E-state index in [9.17, 15) is 19.5 Å². The van der Waals surface area contributed by atoms with Crippen molar-refractivity contribution < 1.29 is 23.9 Å². The Hall–Kier alpha value is -2.31. The Bertz CT molecular complexity index is 607. The molecule has 1 aliphatic rings. The lowest BCUT2D eigenvalue weighted by Crippen LogP contribution is -2.53. The number of aryl methyl sites for hydroxylation is 2. The number of furan rings is 1. The van der Waals surface area contributed by atoms with Crippen molar-refractivity contribution in [3.63, 3.8) is 0 Å². The molecule has 1 saturated heterocycles. The molecule has 7 nitrogen and oxygen atoms in total. The molecule has 0 saturated carbocycles. The van der Waals surface area contributed by atoms with Gasteiger partial charge in [-0.15, -0.1) is 0 Å². The third-order valence-electron chi connectivity index (χ3n) is 3.98. The molecule has 1 aromatic rings. The highest BCUT2D eigenvalue weighted by molar-refractivity contribution is 5.96. The normalized spacial score (nSPS) is 21.5. The van der Waals surface area contributed by atoms with Crippen molar-refractivity contribution in [2.24, 2.45) is 5.92 Å². The summed E-state index contributed by atoms with van der Waals surface area (Å²) in [6.07, 6.45) is 0.689. The van der Waals surface area contributed by atoms with E-state index >= 15 is 0 Å². The van der Waals surface area contributed by atoms with Crippen LogP contribution in [0.15, 0.2) is 10.5 Å². The van der Waals surface area contributed by atoms with Crippen molar-refractivity contribution in [3.05, 3.63) is 23.2 Å². The summed E-state index contributed by atoms with van der Waals surface area (Å²) in [6.45, 7) is 3.54. The van der Waals surface area contributed by atoms with Crippen LogP contribution in [0.25, 0.3) is 0 Å². The van der Waals surface area contributed by atoms with Crippen LogP contribution in [0, 0.1) is 19.8 Å². The summed E-state index contributed by atoms with van der Waals surface area (Å²) in [5.41, 5.74) is 0.661. The minimum atomic E-state index is -1.07. The van der Waals surface area contributed by atoms with Crippen LogP contribution in [-0.2, 0) is 9.59 Å². The van der Waals surface area contributed by atoms with Gasteiger partial charge in [-0.3, -0.25) is 9.59 Å². The van der Waals surface area contributed by atoms with E-state index in [1.165, 1.54) is 11.9 Å². The second-order valence-corrected chi connectivity index (χ2v) is 5.57. The maximum absolute atomic E-state index is 12.6. The fourth-order valence-corrected chi connectivity index (χ4v) is 2.85. The van der Waals surface area contributed by atoms with Crippen LogP contribution in [0.4, 0.5) is 0 Å². The Morgan fingerprint density at radius 2 is 2.00 bits per heavy atom. The van der Waals surface area contributed by atoms with Gasteiger partial charge in [0.1, 0.15) is 11.8 Å². The molecule has 0 aliphatic carbocycles. The number of carboxylic acid groups (broad SMARTS) is 1. The number of piperidine rings is 1. The lowest BCUT2D eigenvalue weighted by molar-refractivity contribution is -0.145. The molecule has 2 rings (SSSR count). The fraction of sp³-hybridized carbons (Fsp3) is 0.533. The van der Waals surface area contributed by atoms with Gasteiger partial charge in [0.25, 0.3) is 5.91 Å². The van der Waals surface area contributed by atoms with Crippen LogP contribution < -0.4 is 5.32 Å². The quantitative estimate of drug-likeness (QED) is 0.866. The molecular formula is C15H20N2O5. The first kappa shape index (κ1) is 16.1. The van der Waals surface area contributed by atoms with E-state index in [-0.39, 0.29) is 24.6 Å². The van der Waals surface area contributed by atoms with E-state index in [2.05, 4.69) is 5.32 Å². The van der Waals surface area contributed by atoms with Crippen LogP contribution in [0.5, 0.6) is 0 Å². The summed E-state index contributed by atoms with van der Waals surface area (Å²) >= 11 is 0. The zero-order valence-electron chi connectivity index (χ0n) is 12.9. The van der Waals surface area contributed by atoms with Crippen LogP contribution in [0.3, 0.4) is 0 Å². The molecule has 0 radical (unpaired) electrons. The van der Waals surface area contributed by atoms with Gasteiger partial charge in [-0.1, -0.05) is 0 Å². The van der Waals surface area contributed by atoms with Crippen molar-refractivity contribution in [2.45, 2.75) is 32.7 Å². The highest BCUT2D eigenvalue weighted by atomic mass is 16.4. The first-order chi connectivity index (χ1) is 10.3. The van der Waals surface area contributed by atoms with Crippen molar-refractivity contribution >= 4 is 17.8 Å². The Labute approximate surface area is 128 Å². The SMILES string of the molecule is CNC(=O)[C@H]1CC[C@@H](C(=O)O)N(C(=O)c2oc(C)cc2C)C1. The lowest BCUT2D eigenvalue weighted by atomic mass is 9.91. The molecule has 120 valence electrons. The van der Waals surface area contributed by atoms with Crippen molar-refractivity contribution in [2.75, 3.05) is 13.6 Å². The number of rotatable bonds is 3. The number of likely N-dealkylation sites (tertiary alicyclic amines) is 1. The first-order valence-electron chi connectivity index (χ1n) is 7.17. The van der Waals surface area contributed by atoms with Crippen LogP contribution in [0.1, 0.15) is 34.7 Å². The van der Waals surface area contributed by atoms with E-state index < -0.39 is 23.8 Å². The first-order valence-corrected chi connectivity index (χ1v) is 7.17. The molecule has 2 heterocycles. The van der Waals surface area contributed by atoms with Crippen LogP contribution >= 0.6 is 0 Å². The van der Waals surface area contributed by atoms with E-state index in [0.717, 1.165) is 0 Å². The number of nitrogens with one attached hydrogen (secondary N) is 1. The number of carboxylic acids is 1. The molecule has 2 N–H and O–H groups in total. The topological polar surface area (TPSA) is 99.9 Å². The van der Waals surface area contributed by atoms with Crippen LogP contribution in [-0.4, -0.2) is 47.4 Å². The Kier molecular flexibility index (Phi) is 4.54.